The first-order valence-corrected chi connectivity index (χ1v) is 9.58. The van der Waals surface area contributed by atoms with E-state index in [4.69, 9.17) is 23.8 Å². The Balaban J connectivity index is 1.64. The monoisotopic (exact) mass is 364 g/mol. The fourth-order valence-electron chi connectivity index (χ4n) is 2.03. The van der Waals surface area contributed by atoms with Gasteiger partial charge in [-0.05, 0) is 48.0 Å². The molecule has 0 radical (unpaired) electrons. The van der Waals surface area contributed by atoms with Crippen LogP contribution in [0.2, 0.25) is 5.02 Å². The number of hydrogen-bond donors (Lipinski definition) is 2. The Kier molecular flexibility index (Phi) is 7.72. The van der Waals surface area contributed by atoms with Crippen molar-refractivity contribution < 1.29 is 0 Å². The van der Waals surface area contributed by atoms with Gasteiger partial charge >= 0.3 is 0 Å². The van der Waals surface area contributed by atoms with E-state index in [1.165, 1.54) is 11.1 Å². The highest BCUT2D eigenvalue weighted by Crippen LogP contribution is 2.20. The highest BCUT2D eigenvalue weighted by Gasteiger charge is 2.00. The Bertz CT molecular complexity index is 629. The average Bonchev–Trinajstić information content (AvgIpc) is 2.57. The molecule has 0 heterocycles. The third-order valence-electron chi connectivity index (χ3n) is 3.37. The topological polar surface area (TPSA) is 24.1 Å². The minimum absolute atomic E-state index is 0.660. The van der Waals surface area contributed by atoms with Crippen molar-refractivity contribution in [2.24, 2.45) is 0 Å². The number of halogens is 1. The number of benzene rings is 2. The second-order valence-electron chi connectivity index (χ2n) is 5.08. The number of thioether (sulfide) groups is 1. The Labute approximate surface area is 153 Å². The Morgan fingerprint density at radius 2 is 1.87 bits per heavy atom. The van der Waals surface area contributed by atoms with Crippen LogP contribution in [0, 0.1) is 0 Å². The van der Waals surface area contributed by atoms with Crippen molar-refractivity contribution in [2.45, 2.75) is 19.1 Å². The predicted molar refractivity (Wildman–Crippen MR) is 108 cm³/mol. The van der Waals surface area contributed by atoms with E-state index in [0.29, 0.717) is 5.11 Å². The molecular weight excluding hydrogens is 344 g/mol. The van der Waals surface area contributed by atoms with Crippen LogP contribution in [0.5, 0.6) is 0 Å². The normalized spacial score (nSPS) is 10.3. The maximum atomic E-state index is 6.14. The molecule has 0 bridgehead atoms. The fraction of sp³-hybridized carbons (Fsp3) is 0.278. The molecule has 2 aromatic rings. The lowest BCUT2D eigenvalue weighted by atomic mass is 10.1. The molecule has 5 heteroatoms. The van der Waals surface area contributed by atoms with E-state index in [-0.39, 0.29) is 0 Å². The lowest BCUT2D eigenvalue weighted by Gasteiger charge is -2.11. The van der Waals surface area contributed by atoms with Gasteiger partial charge in [-0.25, -0.2) is 0 Å². The first kappa shape index (κ1) is 18.1. The summed E-state index contributed by atoms with van der Waals surface area (Å²) >= 11 is 13.3. The van der Waals surface area contributed by atoms with Crippen molar-refractivity contribution in [2.75, 3.05) is 17.6 Å². The van der Waals surface area contributed by atoms with E-state index in [0.717, 1.165) is 35.2 Å². The van der Waals surface area contributed by atoms with E-state index in [1.807, 2.05) is 30.0 Å². The summed E-state index contributed by atoms with van der Waals surface area (Å²) in [6.45, 7) is 2.98. The van der Waals surface area contributed by atoms with Crippen molar-refractivity contribution in [3.8, 4) is 0 Å². The van der Waals surface area contributed by atoms with Gasteiger partial charge in [-0.15, -0.1) is 0 Å². The van der Waals surface area contributed by atoms with Gasteiger partial charge in [-0.3, -0.25) is 0 Å². The number of anilines is 1. The number of nitrogens with one attached hydrogen (secondary N) is 2. The SMILES string of the molecule is CCc1ccc(NC(=S)NCCSCc2ccccc2Cl)cc1. The van der Waals surface area contributed by atoms with Crippen molar-refractivity contribution >= 4 is 46.4 Å². The smallest absolute Gasteiger partial charge is 0.170 e. The second-order valence-corrected chi connectivity index (χ2v) is 7.00. The third kappa shape index (κ3) is 6.42. The molecule has 0 aliphatic rings. The van der Waals surface area contributed by atoms with Gasteiger partial charge < -0.3 is 10.6 Å². The molecule has 2 aromatic carbocycles. The van der Waals surface area contributed by atoms with Crippen molar-refractivity contribution in [1.82, 2.24) is 5.32 Å². The van der Waals surface area contributed by atoms with Gasteiger partial charge in [-0.1, -0.05) is 48.9 Å². The molecule has 0 unspecified atom stereocenters. The van der Waals surface area contributed by atoms with E-state index >= 15 is 0 Å². The van der Waals surface area contributed by atoms with E-state index in [9.17, 15) is 0 Å². The first-order chi connectivity index (χ1) is 11.2. The molecule has 0 aliphatic carbocycles. The molecule has 0 aliphatic heterocycles. The summed E-state index contributed by atoms with van der Waals surface area (Å²) in [5.74, 6) is 1.89. The summed E-state index contributed by atoms with van der Waals surface area (Å²) in [7, 11) is 0. The molecular formula is C18H21ClN2S2. The molecule has 0 fully saturated rings. The van der Waals surface area contributed by atoms with Gasteiger partial charge in [0.1, 0.15) is 0 Å². The van der Waals surface area contributed by atoms with Gasteiger partial charge in [0.05, 0.1) is 0 Å². The minimum Gasteiger partial charge on any atom is -0.362 e. The summed E-state index contributed by atoms with van der Waals surface area (Å²) in [6.07, 6.45) is 1.05. The molecule has 23 heavy (non-hydrogen) atoms. The quantitative estimate of drug-likeness (QED) is 0.525. The molecule has 0 aromatic heterocycles. The molecule has 2 nitrogen and oxygen atoms in total. The largest absolute Gasteiger partial charge is 0.362 e. The van der Waals surface area contributed by atoms with Gasteiger partial charge in [0.15, 0.2) is 5.11 Å². The van der Waals surface area contributed by atoms with Crippen LogP contribution < -0.4 is 10.6 Å². The fourth-order valence-corrected chi connectivity index (χ4v) is 3.40. The highest BCUT2D eigenvalue weighted by molar-refractivity contribution is 7.98. The number of hydrogen-bond acceptors (Lipinski definition) is 2. The number of thiocarbonyl (C=S) groups is 1. The molecule has 0 saturated heterocycles. The molecule has 0 amide bonds. The van der Waals surface area contributed by atoms with Crippen LogP contribution in [0.4, 0.5) is 5.69 Å². The minimum atomic E-state index is 0.660. The van der Waals surface area contributed by atoms with Crippen LogP contribution >= 0.6 is 35.6 Å². The summed E-state index contributed by atoms with van der Waals surface area (Å²) < 4.78 is 0. The van der Waals surface area contributed by atoms with Crippen LogP contribution in [-0.2, 0) is 12.2 Å². The maximum Gasteiger partial charge on any atom is 0.170 e. The van der Waals surface area contributed by atoms with E-state index in [2.05, 4.69) is 47.9 Å². The van der Waals surface area contributed by atoms with Crippen LogP contribution in [0.25, 0.3) is 0 Å². The molecule has 0 saturated carbocycles. The first-order valence-electron chi connectivity index (χ1n) is 7.64. The Hall–Kier alpha value is -1.23. The summed E-state index contributed by atoms with van der Waals surface area (Å²) in [4.78, 5) is 0. The van der Waals surface area contributed by atoms with Gasteiger partial charge in [-0.2, -0.15) is 11.8 Å². The van der Waals surface area contributed by atoms with Crippen LogP contribution in [0.3, 0.4) is 0 Å². The van der Waals surface area contributed by atoms with Crippen molar-refractivity contribution in [1.29, 1.82) is 0 Å². The van der Waals surface area contributed by atoms with Gasteiger partial charge in [0, 0.05) is 28.8 Å². The summed E-state index contributed by atoms with van der Waals surface area (Å²) in [6, 6.07) is 16.3. The average molecular weight is 365 g/mol. The van der Waals surface area contributed by atoms with Crippen molar-refractivity contribution in [3.05, 3.63) is 64.7 Å². The molecule has 2 rings (SSSR count). The maximum absolute atomic E-state index is 6.14. The van der Waals surface area contributed by atoms with Crippen molar-refractivity contribution in [3.63, 3.8) is 0 Å². The van der Waals surface area contributed by atoms with E-state index in [1.54, 1.807) is 0 Å². The summed E-state index contributed by atoms with van der Waals surface area (Å²) in [5, 5.41) is 7.92. The van der Waals surface area contributed by atoms with E-state index < -0.39 is 0 Å². The van der Waals surface area contributed by atoms with Gasteiger partial charge in [0.2, 0.25) is 0 Å². The van der Waals surface area contributed by atoms with Crippen LogP contribution in [0.1, 0.15) is 18.1 Å². The molecule has 2 N–H and O–H groups in total. The number of rotatable bonds is 7. The summed E-state index contributed by atoms with van der Waals surface area (Å²) in [5.41, 5.74) is 3.52. The third-order valence-corrected chi connectivity index (χ3v) is 4.99. The predicted octanol–water partition coefficient (Wildman–Crippen LogP) is 5.12. The van der Waals surface area contributed by atoms with Gasteiger partial charge in [0.25, 0.3) is 0 Å². The Morgan fingerprint density at radius 3 is 2.57 bits per heavy atom. The van der Waals surface area contributed by atoms with Crippen LogP contribution in [-0.4, -0.2) is 17.4 Å². The molecule has 122 valence electrons. The zero-order chi connectivity index (χ0) is 16.5. The molecule has 0 atom stereocenters. The molecule has 0 spiro atoms. The highest BCUT2D eigenvalue weighted by atomic mass is 35.5. The lowest BCUT2D eigenvalue weighted by Crippen LogP contribution is -2.30. The zero-order valence-electron chi connectivity index (χ0n) is 13.1. The second kappa shape index (κ2) is 9.81. The standard InChI is InChI=1S/C18H21ClN2S2/c1-2-14-7-9-16(10-8-14)21-18(22)20-11-12-23-13-15-5-3-4-6-17(15)19/h3-10H,2,11-13H2,1H3,(H2,20,21,22). The zero-order valence-corrected chi connectivity index (χ0v) is 15.5. The Morgan fingerprint density at radius 1 is 1.13 bits per heavy atom. The lowest BCUT2D eigenvalue weighted by molar-refractivity contribution is 0.989. The van der Waals surface area contributed by atoms with Crippen LogP contribution in [0.15, 0.2) is 48.5 Å². The number of aryl methyl sites for hydroxylation is 1.